The van der Waals surface area contributed by atoms with Crippen LogP contribution >= 0.6 is 0 Å². The van der Waals surface area contributed by atoms with Crippen molar-refractivity contribution in [2.45, 2.75) is 140 Å². The lowest BCUT2D eigenvalue weighted by Crippen LogP contribution is -2.61. The van der Waals surface area contributed by atoms with Gasteiger partial charge < -0.3 is 97.6 Å². The fourth-order valence-corrected chi connectivity index (χ4v) is 8.77. The van der Waals surface area contributed by atoms with E-state index in [2.05, 4.69) is 52.8 Å². The van der Waals surface area contributed by atoms with Crippen LogP contribution in [0.2, 0.25) is 0 Å². The zero-order valence-electron chi connectivity index (χ0n) is 50.0. The fourth-order valence-electron chi connectivity index (χ4n) is 8.77. The lowest BCUT2D eigenvalue weighted by Gasteiger charge is -2.27. The van der Waals surface area contributed by atoms with Crippen molar-refractivity contribution in [3.8, 4) is 11.5 Å². The molecule has 89 heavy (non-hydrogen) atoms. The van der Waals surface area contributed by atoms with Crippen molar-refractivity contribution in [3.63, 3.8) is 0 Å². The highest BCUT2D eigenvalue weighted by atomic mass is 16.3. The highest BCUT2D eigenvalue weighted by molar-refractivity contribution is 6.00. The molecule has 0 spiro atoms. The molecule has 3 aromatic carbocycles. The topological polar surface area (TPSA) is 542 Å². The number of aliphatic hydroxyl groups excluding tert-OH is 1. The summed E-state index contributed by atoms with van der Waals surface area (Å²) in [5.74, 6) is -12.7. The Hall–Kier alpha value is -9.91. The summed E-state index contributed by atoms with van der Waals surface area (Å²) < 4.78 is 0. The van der Waals surface area contributed by atoms with Crippen LogP contribution in [0.15, 0.2) is 83.9 Å². The minimum atomic E-state index is -1.87. The van der Waals surface area contributed by atoms with Crippen molar-refractivity contribution in [2.75, 3.05) is 19.7 Å². The van der Waals surface area contributed by atoms with Crippen molar-refractivity contribution < 1.29 is 72.9 Å². The van der Waals surface area contributed by atoms with Gasteiger partial charge in [-0.15, -0.1) is 0 Å². The number of amides is 12. The molecule has 31 heteroatoms. The fraction of sp³-hybridized carbons (Fsp3) is 0.466. The Kier molecular flexibility index (Phi) is 30.4. The van der Waals surface area contributed by atoms with E-state index in [0.29, 0.717) is 16.7 Å². The van der Waals surface area contributed by atoms with E-state index in [1.807, 2.05) is 0 Å². The lowest BCUT2D eigenvalue weighted by atomic mass is 10.0. The third-order valence-electron chi connectivity index (χ3n) is 13.3. The molecule has 0 radical (unpaired) electrons. The number of carbonyl (C=O) groups excluding carboxylic acids is 12. The van der Waals surface area contributed by atoms with Crippen LogP contribution < -0.4 is 82.3 Å². The van der Waals surface area contributed by atoms with Crippen molar-refractivity contribution in [2.24, 2.45) is 51.2 Å². The van der Waals surface area contributed by atoms with Gasteiger partial charge in [-0.3, -0.25) is 62.5 Å². The average Bonchev–Trinajstić information content (AvgIpc) is 2.81. The third-order valence-corrected chi connectivity index (χ3v) is 13.3. The third kappa shape index (κ3) is 27.6. The van der Waals surface area contributed by atoms with Crippen molar-refractivity contribution in [1.29, 1.82) is 0 Å². The van der Waals surface area contributed by atoms with Gasteiger partial charge >= 0.3 is 0 Å². The number of aliphatic hydroxyl groups is 1. The van der Waals surface area contributed by atoms with Crippen molar-refractivity contribution in [1.82, 2.24) is 47.9 Å². The van der Waals surface area contributed by atoms with Gasteiger partial charge in [0.2, 0.25) is 70.9 Å². The molecule has 9 unspecified atom stereocenters. The number of guanidine groups is 1. The summed E-state index contributed by atoms with van der Waals surface area (Å²) in [6, 6.07) is 6.32. The summed E-state index contributed by atoms with van der Waals surface area (Å²) in [4.78, 5) is 165. The predicted molar refractivity (Wildman–Crippen MR) is 323 cm³/mol. The second kappa shape index (κ2) is 36.9. The Morgan fingerprint density at radius 1 is 0.449 bits per heavy atom. The van der Waals surface area contributed by atoms with Gasteiger partial charge in [-0.25, -0.2) is 0 Å². The van der Waals surface area contributed by atoms with Gasteiger partial charge in [0.15, 0.2) is 5.96 Å². The SMILES string of the molecule is CC(C)CC(NC(=O)CNC(=O)C(Cc1ccccc1)NC(=O)C(CO)NC(=O)C(CC(N)=O)NC(=O)C(CC(C)C)NC(=O)C(CC(N)=O)NC(=O)C(N)Cc1ccc(O)cc1)C(=O)NC(CCCN=C(N)N)C(=O)NC(Cc1ccc(O)cc1)C(N)=O. The van der Waals surface area contributed by atoms with Gasteiger partial charge in [0.1, 0.15) is 59.8 Å². The van der Waals surface area contributed by atoms with Gasteiger partial charge in [0, 0.05) is 19.4 Å². The molecular formula is C58H84N16O15. The van der Waals surface area contributed by atoms with Crippen molar-refractivity contribution in [3.05, 3.63) is 95.6 Å². The first-order chi connectivity index (χ1) is 41.9. The number of rotatable bonds is 38. The molecule has 0 saturated heterocycles. The predicted octanol–water partition coefficient (Wildman–Crippen LogP) is -5.18. The molecule has 0 aliphatic rings. The number of nitrogens with one attached hydrogen (secondary N) is 9. The molecule has 0 saturated carbocycles. The van der Waals surface area contributed by atoms with E-state index in [0.717, 1.165) is 0 Å². The Morgan fingerprint density at radius 3 is 1.33 bits per heavy atom. The molecular weight excluding hydrogens is 1160 g/mol. The van der Waals surface area contributed by atoms with Gasteiger partial charge in [0.05, 0.1) is 32.0 Å². The first kappa shape index (κ1) is 73.3. The monoisotopic (exact) mass is 1240 g/mol. The van der Waals surface area contributed by atoms with E-state index in [9.17, 15) is 72.9 Å². The molecule has 9 atom stereocenters. The second-order valence-corrected chi connectivity index (χ2v) is 21.9. The van der Waals surface area contributed by atoms with Crippen LogP contribution in [-0.2, 0) is 76.8 Å². The van der Waals surface area contributed by atoms with E-state index in [-0.39, 0.29) is 80.8 Å². The van der Waals surface area contributed by atoms with E-state index in [1.54, 1.807) is 58.0 Å². The minimum absolute atomic E-state index is 0.0273. The first-order valence-electron chi connectivity index (χ1n) is 28.5. The number of hydrogen-bond acceptors (Lipinski definition) is 17. The summed E-state index contributed by atoms with van der Waals surface area (Å²) in [5.41, 5.74) is 35.1. The summed E-state index contributed by atoms with van der Waals surface area (Å²) >= 11 is 0. The Morgan fingerprint density at radius 2 is 0.843 bits per heavy atom. The maximum atomic E-state index is 14.0. The van der Waals surface area contributed by atoms with E-state index in [1.165, 1.54) is 48.5 Å². The highest BCUT2D eigenvalue weighted by Crippen LogP contribution is 2.15. The number of phenolic OH excluding ortho intramolecular Hbond substituents is 2. The molecule has 486 valence electrons. The molecule has 0 aliphatic heterocycles. The minimum Gasteiger partial charge on any atom is -0.508 e. The maximum absolute atomic E-state index is 14.0. The van der Waals surface area contributed by atoms with Gasteiger partial charge in [-0.05, 0) is 84.9 Å². The van der Waals surface area contributed by atoms with Crippen LogP contribution in [0.1, 0.15) is 82.9 Å². The molecule has 3 aromatic rings. The number of hydrogen-bond donors (Lipinski definition) is 18. The number of aliphatic imine (C=N–C) groups is 1. The first-order valence-corrected chi connectivity index (χ1v) is 28.5. The quantitative estimate of drug-likeness (QED) is 0.0145. The normalized spacial score (nSPS) is 14.0. The maximum Gasteiger partial charge on any atom is 0.245 e. The largest absolute Gasteiger partial charge is 0.508 e. The number of carbonyl (C=O) groups is 12. The molecule has 0 heterocycles. The van der Waals surface area contributed by atoms with Crippen LogP contribution in [0.4, 0.5) is 0 Å². The van der Waals surface area contributed by atoms with E-state index < -0.39 is 151 Å². The highest BCUT2D eigenvalue weighted by Gasteiger charge is 2.35. The Balaban J connectivity index is 1.78. The number of phenols is 2. The van der Waals surface area contributed by atoms with Gasteiger partial charge in [0.25, 0.3) is 0 Å². The molecule has 0 bridgehead atoms. The molecule has 3 rings (SSSR count). The molecule has 31 nitrogen and oxygen atoms in total. The Bertz CT molecular complexity index is 2950. The smallest absolute Gasteiger partial charge is 0.245 e. The van der Waals surface area contributed by atoms with E-state index >= 15 is 0 Å². The number of nitrogens with two attached hydrogens (primary N) is 6. The van der Waals surface area contributed by atoms with Gasteiger partial charge in [-0.1, -0.05) is 82.3 Å². The number of primary amides is 3. The standard InChI is InChI=1S/C58H84N16O15/c1-30(2)21-40(53(85)68-38(11-8-20-65-58(63)64)52(84)69-39(49(62)81)24-34-14-18-36(77)19-15-34)67-48(80)28-66-51(83)42(25-32-9-6-5-7-10-32)72-57(89)45(29-75)74-56(88)44(27-47(61)79)73-54(86)41(22-31(3)4)71-55(87)43(26-46(60)78)70-50(82)37(59)23-33-12-16-35(76)17-13-33/h5-7,9-10,12-19,30-31,37-45,75-77H,8,11,20-29,59H2,1-4H3,(H2,60,78)(H2,61,79)(H2,62,81)(H,66,83)(H,67,80)(H,68,85)(H,69,84)(H,70,82)(H,71,87)(H,72,89)(H,73,86)(H,74,88)(H4,63,64,65). The van der Waals surface area contributed by atoms with Crippen LogP contribution in [0, 0.1) is 11.8 Å². The zero-order valence-corrected chi connectivity index (χ0v) is 50.0. The lowest BCUT2D eigenvalue weighted by molar-refractivity contribution is -0.137. The molecule has 12 amide bonds. The second-order valence-electron chi connectivity index (χ2n) is 21.9. The average molecular weight is 1250 g/mol. The Labute approximate surface area is 513 Å². The molecule has 0 aliphatic carbocycles. The number of aromatic hydroxyl groups is 2. The van der Waals surface area contributed by atoms with Crippen molar-refractivity contribution >= 4 is 76.8 Å². The molecule has 0 fully saturated rings. The van der Waals surface area contributed by atoms with Crippen LogP contribution in [-0.4, -0.2) is 166 Å². The zero-order chi connectivity index (χ0) is 66.5. The molecule has 0 aromatic heterocycles. The van der Waals surface area contributed by atoms with Crippen LogP contribution in [0.3, 0.4) is 0 Å². The van der Waals surface area contributed by atoms with E-state index in [4.69, 9.17) is 34.4 Å². The summed E-state index contributed by atoms with van der Waals surface area (Å²) in [6.07, 6.45) is -1.90. The summed E-state index contributed by atoms with van der Waals surface area (Å²) in [6.45, 7) is 5.04. The number of benzene rings is 3. The van der Waals surface area contributed by atoms with Gasteiger partial charge in [-0.2, -0.15) is 0 Å². The van der Waals surface area contributed by atoms with Crippen LogP contribution in [0.25, 0.3) is 0 Å². The molecule has 24 N–H and O–H groups in total. The summed E-state index contributed by atoms with van der Waals surface area (Å²) in [7, 11) is 0. The summed E-state index contributed by atoms with van der Waals surface area (Å²) in [5, 5.41) is 51.6. The van der Waals surface area contributed by atoms with Crippen LogP contribution in [0.5, 0.6) is 11.5 Å². The number of nitrogens with zero attached hydrogens (tertiary/aromatic N) is 1.